The topological polar surface area (TPSA) is 50.8 Å². The molecular formula is C17H19N3O. The van der Waals surface area contributed by atoms with Crippen molar-refractivity contribution in [3.05, 3.63) is 54.3 Å². The van der Waals surface area contributed by atoms with Crippen LogP contribution in [0.5, 0.6) is 5.75 Å². The van der Waals surface area contributed by atoms with Crippen molar-refractivity contribution >= 4 is 0 Å². The Kier molecular flexibility index (Phi) is 3.60. The standard InChI is InChI=1S/C17H19N3O/c1-3-17(11-5-4-6-12-17)16-15(18-20-19-16)13-7-9-14(21-2)10-8-13/h4-11H,3,12H2,1-2H3,(H,18,19,20). The van der Waals surface area contributed by atoms with E-state index in [0.717, 1.165) is 35.5 Å². The van der Waals surface area contributed by atoms with Gasteiger partial charge in [0.2, 0.25) is 0 Å². The fourth-order valence-corrected chi connectivity index (χ4v) is 2.80. The highest BCUT2D eigenvalue weighted by atomic mass is 16.5. The molecule has 21 heavy (non-hydrogen) atoms. The van der Waals surface area contributed by atoms with Crippen molar-refractivity contribution in [2.45, 2.75) is 25.2 Å². The minimum absolute atomic E-state index is 0.0724. The fraction of sp³-hybridized carbons (Fsp3) is 0.294. The lowest BCUT2D eigenvalue weighted by Crippen LogP contribution is -2.24. The molecule has 0 saturated heterocycles. The molecule has 1 N–H and O–H groups in total. The molecule has 2 aromatic rings. The summed E-state index contributed by atoms with van der Waals surface area (Å²) in [5.41, 5.74) is 2.90. The van der Waals surface area contributed by atoms with E-state index in [1.54, 1.807) is 7.11 Å². The first-order chi connectivity index (χ1) is 10.3. The van der Waals surface area contributed by atoms with E-state index in [9.17, 15) is 0 Å². The smallest absolute Gasteiger partial charge is 0.118 e. The van der Waals surface area contributed by atoms with Gasteiger partial charge in [0.05, 0.1) is 7.11 Å². The van der Waals surface area contributed by atoms with Crippen molar-refractivity contribution in [2.75, 3.05) is 7.11 Å². The maximum atomic E-state index is 5.21. The molecule has 108 valence electrons. The van der Waals surface area contributed by atoms with Crippen LogP contribution in [-0.2, 0) is 5.41 Å². The highest BCUT2D eigenvalue weighted by Gasteiger charge is 2.33. The first kappa shape index (κ1) is 13.6. The van der Waals surface area contributed by atoms with E-state index in [1.165, 1.54) is 0 Å². The second kappa shape index (κ2) is 5.56. The third-order valence-electron chi connectivity index (χ3n) is 4.16. The number of aromatic amines is 1. The van der Waals surface area contributed by atoms with Crippen LogP contribution in [0.25, 0.3) is 11.3 Å². The molecule has 1 aliphatic rings. The monoisotopic (exact) mass is 281 g/mol. The molecule has 4 nitrogen and oxygen atoms in total. The summed E-state index contributed by atoms with van der Waals surface area (Å²) in [4.78, 5) is 0. The van der Waals surface area contributed by atoms with Crippen LogP contribution >= 0.6 is 0 Å². The molecule has 0 saturated carbocycles. The van der Waals surface area contributed by atoms with Crippen molar-refractivity contribution in [3.63, 3.8) is 0 Å². The minimum Gasteiger partial charge on any atom is -0.497 e. The molecule has 1 heterocycles. The lowest BCUT2D eigenvalue weighted by Gasteiger charge is -2.28. The second-order valence-corrected chi connectivity index (χ2v) is 5.25. The first-order valence-electron chi connectivity index (χ1n) is 7.19. The number of nitrogens with zero attached hydrogens (tertiary/aromatic N) is 2. The Balaban J connectivity index is 2.03. The Bertz CT molecular complexity index is 670. The van der Waals surface area contributed by atoms with Crippen LogP contribution in [0.1, 0.15) is 25.5 Å². The second-order valence-electron chi connectivity index (χ2n) is 5.25. The van der Waals surface area contributed by atoms with Gasteiger partial charge >= 0.3 is 0 Å². The van der Waals surface area contributed by atoms with Gasteiger partial charge < -0.3 is 4.74 Å². The average molecular weight is 281 g/mol. The van der Waals surface area contributed by atoms with E-state index in [2.05, 4.69) is 46.6 Å². The molecule has 3 rings (SSSR count). The number of nitrogens with one attached hydrogen (secondary N) is 1. The van der Waals surface area contributed by atoms with E-state index in [4.69, 9.17) is 4.74 Å². The molecule has 0 spiro atoms. The number of hydrogen-bond acceptors (Lipinski definition) is 3. The van der Waals surface area contributed by atoms with Crippen LogP contribution in [-0.4, -0.2) is 22.5 Å². The summed E-state index contributed by atoms with van der Waals surface area (Å²) in [6, 6.07) is 7.93. The van der Waals surface area contributed by atoms with Crippen molar-refractivity contribution < 1.29 is 4.74 Å². The van der Waals surface area contributed by atoms with Crippen LogP contribution in [0.2, 0.25) is 0 Å². The van der Waals surface area contributed by atoms with Crippen molar-refractivity contribution in [1.29, 1.82) is 0 Å². The van der Waals surface area contributed by atoms with E-state index in [1.807, 2.05) is 24.3 Å². The summed E-state index contributed by atoms with van der Waals surface area (Å²) in [6.07, 6.45) is 10.5. The van der Waals surface area contributed by atoms with Gasteiger partial charge in [0.1, 0.15) is 17.1 Å². The van der Waals surface area contributed by atoms with Gasteiger partial charge in [-0.25, -0.2) is 0 Å². The van der Waals surface area contributed by atoms with Crippen molar-refractivity contribution in [2.24, 2.45) is 0 Å². The van der Waals surface area contributed by atoms with Gasteiger partial charge in [0, 0.05) is 11.0 Å². The van der Waals surface area contributed by atoms with Crippen LogP contribution < -0.4 is 4.74 Å². The highest BCUT2D eigenvalue weighted by molar-refractivity contribution is 5.64. The Morgan fingerprint density at radius 3 is 2.62 bits per heavy atom. The molecule has 0 radical (unpaired) electrons. The summed E-state index contributed by atoms with van der Waals surface area (Å²) in [5.74, 6) is 0.842. The number of rotatable bonds is 4. The summed E-state index contributed by atoms with van der Waals surface area (Å²) in [5, 5.41) is 11.6. The van der Waals surface area contributed by atoms with E-state index in [0.29, 0.717) is 0 Å². The number of allylic oxidation sites excluding steroid dienone is 4. The van der Waals surface area contributed by atoms with Gasteiger partial charge in [-0.15, -0.1) is 0 Å². The predicted molar refractivity (Wildman–Crippen MR) is 83.2 cm³/mol. The largest absolute Gasteiger partial charge is 0.497 e. The summed E-state index contributed by atoms with van der Waals surface area (Å²) in [7, 11) is 1.67. The molecular weight excluding hydrogens is 262 g/mol. The lowest BCUT2D eigenvalue weighted by molar-refractivity contribution is 0.415. The number of hydrogen-bond donors (Lipinski definition) is 1. The summed E-state index contributed by atoms with van der Waals surface area (Å²) >= 11 is 0. The molecule has 0 amide bonds. The SMILES string of the molecule is CCC1(c2n[nH]nc2-c2ccc(OC)cc2)C=CC=CC1. The molecule has 1 aromatic carbocycles. The average Bonchev–Trinajstić information content (AvgIpc) is 3.06. The van der Waals surface area contributed by atoms with Crippen LogP contribution in [0.15, 0.2) is 48.6 Å². The Morgan fingerprint density at radius 2 is 2.00 bits per heavy atom. The van der Waals surface area contributed by atoms with Crippen LogP contribution in [0, 0.1) is 0 Å². The van der Waals surface area contributed by atoms with Gasteiger partial charge in [0.25, 0.3) is 0 Å². The third-order valence-corrected chi connectivity index (χ3v) is 4.16. The van der Waals surface area contributed by atoms with Gasteiger partial charge in [-0.05, 0) is 37.1 Å². The number of ether oxygens (including phenoxy) is 1. The van der Waals surface area contributed by atoms with Gasteiger partial charge in [-0.3, -0.25) is 0 Å². The predicted octanol–water partition coefficient (Wildman–Crippen LogP) is 3.64. The zero-order valence-corrected chi connectivity index (χ0v) is 12.3. The van der Waals surface area contributed by atoms with Crippen molar-refractivity contribution in [1.82, 2.24) is 15.4 Å². The van der Waals surface area contributed by atoms with E-state index < -0.39 is 0 Å². The molecule has 0 fully saturated rings. The molecule has 0 bridgehead atoms. The van der Waals surface area contributed by atoms with Crippen molar-refractivity contribution in [3.8, 4) is 17.0 Å². The Hall–Kier alpha value is -2.36. The van der Waals surface area contributed by atoms with Gasteiger partial charge in [0.15, 0.2) is 0 Å². The number of aromatic nitrogens is 3. The first-order valence-corrected chi connectivity index (χ1v) is 7.19. The molecule has 1 aromatic heterocycles. The zero-order valence-electron chi connectivity index (χ0n) is 12.3. The highest BCUT2D eigenvalue weighted by Crippen LogP contribution is 2.39. The maximum absolute atomic E-state index is 5.21. The summed E-state index contributed by atoms with van der Waals surface area (Å²) in [6.45, 7) is 2.19. The normalized spacial score (nSPS) is 20.7. The molecule has 0 aliphatic heterocycles. The Morgan fingerprint density at radius 1 is 1.19 bits per heavy atom. The lowest BCUT2D eigenvalue weighted by atomic mass is 9.75. The quantitative estimate of drug-likeness (QED) is 0.930. The van der Waals surface area contributed by atoms with E-state index in [-0.39, 0.29) is 5.41 Å². The Labute approximate surface area is 124 Å². The van der Waals surface area contributed by atoms with E-state index >= 15 is 0 Å². The van der Waals surface area contributed by atoms with Gasteiger partial charge in [-0.2, -0.15) is 15.4 Å². The van der Waals surface area contributed by atoms with Crippen LogP contribution in [0.4, 0.5) is 0 Å². The van der Waals surface area contributed by atoms with Crippen LogP contribution in [0.3, 0.4) is 0 Å². The minimum atomic E-state index is -0.0724. The molecule has 1 atom stereocenters. The molecule has 1 aliphatic carbocycles. The summed E-state index contributed by atoms with van der Waals surface area (Å²) < 4.78 is 5.21. The number of H-pyrrole nitrogens is 1. The molecule has 4 heteroatoms. The number of benzene rings is 1. The fourth-order valence-electron chi connectivity index (χ4n) is 2.80. The van der Waals surface area contributed by atoms with Gasteiger partial charge in [-0.1, -0.05) is 31.2 Å². The number of methoxy groups -OCH3 is 1. The molecule has 1 unspecified atom stereocenters. The maximum Gasteiger partial charge on any atom is 0.118 e. The third kappa shape index (κ3) is 2.37. The zero-order chi connectivity index (χ0) is 14.7.